The van der Waals surface area contributed by atoms with Gasteiger partial charge in [-0.2, -0.15) is 0 Å². The molecule has 20 heavy (non-hydrogen) atoms. The molecule has 1 aliphatic heterocycles. The second-order valence-electron chi connectivity index (χ2n) is 5.92. The number of carboxylic acid groups (broad SMARTS) is 1. The van der Waals surface area contributed by atoms with E-state index < -0.39 is 17.3 Å². The summed E-state index contributed by atoms with van der Waals surface area (Å²) in [7, 11) is 1.51. The van der Waals surface area contributed by atoms with Gasteiger partial charge in [-0.25, -0.2) is 4.79 Å². The van der Waals surface area contributed by atoms with Crippen molar-refractivity contribution in [2.45, 2.75) is 26.7 Å². The number of amides is 3. The van der Waals surface area contributed by atoms with Gasteiger partial charge in [0.1, 0.15) is 6.54 Å². The van der Waals surface area contributed by atoms with Crippen molar-refractivity contribution in [2.75, 3.05) is 26.7 Å². The smallest absolute Gasteiger partial charge is 0.320 e. The number of rotatable bonds is 4. The zero-order valence-electron chi connectivity index (χ0n) is 12.3. The van der Waals surface area contributed by atoms with Crippen molar-refractivity contribution < 1.29 is 19.5 Å². The van der Waals surface area contributed by atoms with Crippen LogP contribution in [-0.2, 0) is 9.59 Å². The van der Waals surface area contributed by atoms with Crippen molar-refractivity contribution >= 4 is 17.9 Å². The Morgan fingerprint density at radius 3 is 2.50 bits per heavy atom. The number of carbonyl (C=O) groups excluding carboxylic acids is 2. The third-order valence-corrected chi connectivity index (χ3v) is 3.98. The molecule has 1 atom stereocenters. The Bertz CT molecular complexity index is 408. The van der Waals surface area contributed by atoms with Crippen molar-refractivity contribution in [1.82, 2.24) is 9.80 Å². The highest BCUT2D eigenvalue weighted by Crippen LogP contribution is 2.34. The molecule has 7 heteroatoms. The number of hydrogen-bond donors (Lipinski definition) is 2. The van der Waals surface area contributed by atoms with Crippen molar-refractivity contribution in [1.29, 1.82) is 0 Å². The van der Waals surface area contributed by atoms with E-state index in [0.717, 1.165) is 12.8 Å². The van der Waals surface area contributed by atoms with E-state index in [1.54, 1.807) is 18.7 Å². The highest BCUT2D eigenvalue weighted by molar-refractivity contribution is 5.83. The van der Waals surface area contributed by atoms with Crippen LogP contribution < -0.4 is 5.73 Å². The summed E-state index contributed by atoms with van der Waals surface area (Å²) < 4.78 is 0. The van der Waals surface area contributed by atoms with Gasteiger partial charge < -0.3 is 20.6 Å². The molecule has 3 N–H and O–H groups in total. The van der Waals surface area contributed by atoms with Gasteiger partial charge >= 0.3 is 12.0 Å². The first kappa shape index (κ1) is 16.3. The summed E-state index contributed by atoms with van der Waals surface area (Å²) in [6, 6.07) is -0.283. The average Bonchev–Trinajstić information content (AvgIpc) is 2.37. The largest absolute Gasteiger partial charge is 0.481 e. The number of primary amides is 1. The summed E-state index contributed by atoms with van der Waals surface area (Å²) in [5, 5.41) is 9.27. The Hall–Kier alpha value is -1.79. The number of nitrogens with zero attached hydrogens (tertiary/aromatic N) is 2. The van der Waals surface area contributed by atoms with Gasteiger partial charge in [0.15, 0.2) is 0 Å². The molecule has 0 aromatic carbocycles. The molecular weight excluding hydrogens is 262 g/mol. The predicted octanol–water partition coefficient (Wildman–Crippen LogP) is 0.346. The first-order valence-electron chi connectivity index (χ1n) is 6.68. The molecule has 0 spiro atoms. The molecular formula is C13H23N3O4. The van der Waals surface area contributed by atoms with Crippen LogP contribution in [0.3, 0.4) is 0 Å². The van der Waals surface area contributed by atoms with Crippen LogP contribution in [-0.4, -0.2) is 59.5 Å². The number of carboxylic acids is 1. The first-order valence-corrected chi connectivity index (χ1v) is 6.68. The second-order valence-corrected chi connectivity index (χ2v) is 5.92. The van der Waals surface area contributed by atoms with E-state index in [0.29, 0.717) is 13.1 Å². The van der Waals surface area contributed by atoms with Gasteiger partial charge in [0.2, 0.25) is 5.91 Å². The van der Waals surface area contributed by atoms with Crippen LogP contribution in [0.4, 0.5) is 4.79 Å². The predicted molar refractivity (Wildman–Crippen MR) is 72.9 cm³/mol. The highest BCUT2D eigenvalue weighted by Gasteiger charge is 2.40. The molecule has 114 valence electrons. The van der Waals surface area contributed by atoms with E-state index in [9.17, 15) is 19.5 Å². The van der Waals surface area contributed by atoms with Gasteiger partial charge in [-0.3, -0.25) is 9.59 Å². The van der Waals surface area contributed by atoms with Crippen LogP contribution >= 0.6 is 0 Å². The summed E-state index contributed by atoms with van der Waals surface area (Å²) in [5.74, 6) is -1.53. The minimum atomic E-state index is -0.874. The summed E-state index contributed by atoms with van der Waals surface area (Å²) in [5.41, 5.74) is 4.19. The van der Waals surface area contributed by atoms with E-state index in [-0.39, 0.29) is 18.5 Å². The molecule has 1 unspecified atom stereocenters. The number of nitrogens with two attached hydrogens (primary N) is 1. The van der Waals surface area contributed by atoms with E-state index in [1.165, 1.54) is 11.9 Å². The lowest BCUT2D eigenvalue weighted by atomic mass is 9.74. The molecule has 1 fully saturated rings. The zero-order valence-corrected chi connectivity index (χ0v) is 12.3. The van der Waals surface area contributed by atoms with Gasteiger partial charge in [-0.1, -0.05) is 0 Å². The Labute approximate surface area is 118 Å². The van der Waals surface area contributed by atoms with Crippen LogP contribution in [0.25, 0.3) is 0 Å². The van der Waals surface area contributed by atoms with Crippen LogP contribution in [0.15, 0.2) is 0 Å². The van der Waals surface area contributed by atoms with Crippen LogP contribution in [0.2, 0.25) is 0 Å². The summed E-state index contributed by atoms with van der Waals surface area (Å²) in [6.45, 7) is 4.19. The van der Waals surface area contributed by atoms with Gasteiger partial charge in [-0.15, -0.1) is 0 Å². The summed E-state index contributed by atoms with van der Waals surface area (Å²) in [6.07, 6.45) is 1.54. The van der Waals surface area contributed by atoms with Gasteiger partial charge in [0.25, 0.3) is 0 Å². The number of aliphatic carboxylic acids is 1. The highest BCUT2D eigenvalue weighted by atomic mass is 16.4. The van der Waals surface area contributed by atoms with Crippen LogP contribution in [0.1, 0.15) is 26.7 Å². The standard InChI is InChI=1S/C13H23N3O4/c1-13(2,11(18)19)9-5-4-6-16(7-9)12(20)15(3)8-10(14)17/h9H,4-8H2,1-3H3,(H2,14,17)(H,18,19). The van der Waals surface area contributed by atoms with E-state index in [4.69, 9.17) is 5.73 Å². The Morgan fingerprint density at radius 2 is 2.00 bits per heavy atom. The topological polar surface area (TPSA) is 104 Å². The van der Waals surface area contributed by atoms with E-state index in [1.807, 2.05) is 0 Å². The maximum Gasteiger partial charge on any atom is 0.320 e. The van der Waals surface area contributed by atoms with E-state index >= 15 is 0 Å². The summed E-state index contributed by atoms with van der Waals surface area (Å²) in [4.78, 5) is 37.2. The SMILES string of the molecule is CN(CC(N)=O)C(=O)N1CCCC(C(C)(C)C(=O)O)C1. The second kappa shape index (κ2) is 6.11. The molecule has 1 aliphatic rings. The fourth-order valence-corrected chi connectivity index (χ4v) is 2.46. The maximum absolute atomic E-state index is 12.2. The minimum Gasteiger partial charge on any atom is -0.481 e. The van der Waals surface area contributed by atoms with Gasteiger partial charge in [0.05, 0.1) is 5.41 Å². The summed E-state index contributed by atoms with van der Waals surface area (Å²) >= 11 is 0. The van der Waals surface area contributed by atoms with E-state index in [2.05, 4.69) is 0 Å². The van der Waals surface area contributed by atoms with Crippen LogP contribution in [0, 0.1) is 11.3 Å². The molecule has 1 rings (SSSR count). The Kier molecular flexibility index (Phi) is 4.97. The third-order valence-electron chi connectivity index (χ3n) is 3.98. The molecule has 0 aromatic heterocycles. The molecule has 0 aromatic rings. The number of piperidine rings is 1. The third kappa shape index (κ3) is 3.61. The molecule has 0 radical (unpaired) electrons. The Morgan fingerprint density at radius 1 is 1.40 bits per heavy atom. The number of hydrogen-bond acceptors (Lipinski definition) is 3. The van der Waals surface area contributed by atoms with Crippen LogP contribution in [0.5, 0.6) is 0 Å². The number of carbonyl (C=O) groups is 3. The molecule has 1 saturated heterocycles. The monoisotopic (exact) mass is 285 g/mol. The molecule has 0 saturated carbocycles. The molecule has 7 nitrogen and oxygen atoms in total. The van der Waals surface area contributed by atoms with Crippen molar-refractivity contribution in [3.05, 3.63) is 0 Å². The zero-order chi connectivity index (χ0) is 15.5. The first-order chi connectivity index (χ1) is 9.16. The van der Waals surface area contributed by atoms with Gasteiger partial charge in [-0.05, 0) is 32.6 Å². The number of likely N-dealkylation sites (N-methyl/N-ethyl adjacent to an activating group) is 1. The average molecular weight is 285 g/mol. The minimum absolute atomic E-state index is 0.0975. The maximum atomic E-state index is 12.2. The fourth-order valence-electron chi connectivity index (χ4n) is 2.46. The lowest BCUT2D eigenvalue weighted by molar-refractivity contribution is -0.151. The number of likely N-dealkylation sites (tertiary alicyclic amines) is 1. The molecule has 1 heterocycles. The lowest BCUT2D eigenvalue weighted by Gasteiger charge is -2.40. The van der Waals surface area contributed by atoms with Gasteiger partial charge in [0, 0.05) is 20.1 Å². The van der Waals surface area contributed by atoms with Crippen molar-refractivity contribution in [2.24, 2.45) is 17.1 Å². The molecule has 3 amide bonds. The Balaban J connectivity index is 2.72. The van der Waals surface area contributed by atoms with Crippen molar-refractivity contribution in [3.63, 3.8) is 0 Å². The lowest BCUT2D eigenvalue weighted by Crippen LogP contribution is -2.51. The number of urea groups is 1. The quantitative estimate of drug-likeness (QED) is 0.777. The fraction of sp³-hybridized carbons (Fsp3) is 0.769. The molecule has 0 bridgehead atoms. The normalized spacial score (nSPS) is 19.6. The van der Waals surface area contributed by atoms with Crippen molar-refractivity contribution in [3.8, 4) is 0 Å². The molecule has 0 aliphatic carbocycles.